The van der Waals surface area contributed by atoms with Crippen LogP contribution in [0.4, 0.5) is 11.4 Å². The van der Waals surface area contributed by atoms with Crippen LogP contribution in [0, 0.1) is 20.8 Å². The molecule has 0 aliphatic carbocycles. The van der Waals surface area contributed by atoms with Gasteiger partial charge in [0.2, 0.25) is 0 Å². The Morgan fingerprint density at radius 1 is 0.544 bits per heavy atom. The number of hydrogen-bond acceptors (Lipinski definition) is 9. The van der Waals surface area contributed by atoms with Gasteiger partial charge >= 0.3 is 0 Å². The zero-order valence-electron chi connectivity index (χ0n) is 38.1. The molecule has 348 valence electrons. The Labute approximate surface area is 394 Å². The maximum atomic E-state index is 12.6. The molecule has 10 rings (SSSR count). The molecule has 9 aromatic rings. The third kappa shape index (κ3) is 10.5. The van der Waals surface area contributed by atoms with E-state index < -0.39 is 0 Å². The van der Waals surface area contributed by atoms with Gasteiger partial charge in [-0.1, -0.05) is 37.3 Å². The lowest BCUT2D eigenvalue weighted by atomic mass is 10.0. The predicted molar refractivity (Wildman–Crippen MR) is 278 cm³/mol. The van der Waals surface area contributed by atoms with Crippen LogP contribution in [0.15, 0.2) is 142 Å². The Morgan fingerprint density at radius 3 is 1.62 bits per heavy atom. The van der Waals surface area contributed by atoms with Gasteiger partial charge in [-0.25, -0.2) is 0 Å². The van der Waals surface area contributed by atoms with Crippen molar-refractivity contribution < 1.29 is 20.4 Å². The van der Waals surface area contributed by atoms with Crippen LogP contribution in [-0.2, 0) is 6.61 Å². The van der Waals surface area contributed by atoms with Crippen molar-refractivity contribution in [3.63, 3.8) is 0 Å². The zero-order chi connectivity index (χ0) is 47.5. The highest BCUT2D eigenvalue weighted by molar-refractivity contribution is 5.89. The molecule has 4 heterocycles. The fraction of sp³-hybridized carbons (Fsp3) is 0.196. The third-order valence-corrected chi connectivity index (χ3v) is 11.9. The quantitative estimate of drug-likeness (QED) is 0.0853. The van der Waals surface area contributed by atoms with E-state index in [1.807, 2.05) is 106 Å². The number of rotatable bonds is 6. The van der Waals surface area contributed by atoms with Crippen LogP contribution in [0.25, 0.3) is 66.5 Å². The number of aromatic hydroxyl groups is 3. The number of fused-ring (bicyclic) bond motifs is 3. The standard InChI is InChI=1S/C20H20N2O2.C18H18N2O2.C17H15NO3.CH4/c1-13-8-14(10-16(23)9-13)19-12-20(24)17-11-15(4-5-18(17)21-19)22-6-2-3-7-22;1-11-6-12(8-14(21)7-11)17-10-18(22)15-9-13(20(2)3)4-5-16(15)19-17;1-10-3-2-4-11(7-10)14-8-15(20)16-13(18-14)6-5-12(9-19)17(16)21;/h4-5,8-12,23H,2-3,6-7H2,1H3,(H,21,24);4-10,21H,1-3H3,(H,19,22);2-8,19,21H,9H2,1H3,(H,18,20);1H4. The van der Waals surface area contributed by atoms with E-state index in [9.17, 15) is 29.7 Å². The summed E-state index contributed by atoms with van der Waals surface area (Å²) in [4.78, 5) is 51.4. The summed E-state index contributed by atoms with van der Waals surface area (Å²) in [6.45, 7) is 7.63. The number of pyridine rings is 3. The first-order valence-electron chi connectivity index (χ1n) is 22.1. The molecule has 0 saturated carbocycles. The molecule has 0 amide bonds. The highest BCUT2D eigenvalue weighted by Crippen LogP contribution is 2.30. The molecule has 12 nitrogen and oxygen atoms in total. The minimum Gasteiger partial charge on any atom is -0.508 e. The van der Waals surface area contributed by atoms with Crippen molar-refractivity contribution >= 4 is 44.1 Å². The van der Waals surface area contributed by atoms with E-state index in [1.54, 1.807) is 48.5 Å². The van der Waals surface area contributed by atoms with Crippen molar-refractivity contribution in [1.29, 1.82) is 0 Å². The van der Waals surface area contributed by atoms with E-state index in [4.69, 9.17) is 5.11 Å². The summed E-state index contributed by atoms with van der Waals surface area (Å²) in [6.07, 6.45) is 2.42. The molecule has 1 fully saturated rings. The van der Waals surface area contributed by atoms with E-state index in [2.05, 4.69) is 25.9 Å². The number of benzene rings is 6. The zero-order valence-corrected chi connectivity index (χ0v) is 38.1. The normalized spacial score (nSPS) is 12.0. The summed E-state index contributed by atoms with van der Waals surface area (Å²) >= 11 is 0. The predicted octanol–water partition coefficient (Wildman–Crippen LogP) is 10.4. The second kappa shape index (κ2) is 20.2. The number of aromatic nitrogens is 3. The molecule has 0 spiro atoms. The van der Waals surface area contributed by atoms with Crippen molar-refractivity contribution in [3.05, 3.63) is 180 Å². The van der Waals surface area contributed by atoms with Crippen LogP contribution < -0.4 is 26.1 Å². The summed E-state index contributed by atoms with van der Waals surface area (Å²) < 4.78 is 0. The number of phenols is 3. The lowest BCUT2D eigenvalue weighted by molar-refractivity contribution is 0.276. The number of H-pyrrole nitrogens is 3. The van der Waals surface area contributed by atoms with Gasteiger partial charge in [0.25, 0.3) is 0 Å². The first kappa shape index (κ1) is 47.9. The lowest BCUT2D eigenvalue weighted by Crippen LogP contribution is -2.17. The Morgan fingerprint density at radius 2 is 1.06 bits per heavy atom. The summed E-state index contributed by atoms with van der Waals surface area (Å²) in [7, 11) is 3.89. The minimum atomic E-state index is -0.305. The molecule has 12 heteroatoms. The number of aromatic amines is 3. The Bertz CT molecular complexity index is 3450. The molecule has 0 unspecified atom stereocenters. The first-order valence-corrected chi connectivity index (χ1v) is 22.1. The van der Waals surface area contributed by atoms with Gasteiger partial charge in [-0.05, 0) is 135 Å². The van der Waals surface area contributed by atoms with Gasteiger partial charge < -0.3 is 45.2 Å². The fourth-order valence-electron chi connectivity index (χ4n) is 8.54. The smallest absolute Gasteiger partial charge is 0.193 e. The van der Waals surface area contributed by atoms with Crippen LogP contribution in [-0.4, -0.2) is 62.6 Å². The van der Waals surface area contributed by atoms with E-state index in [1.165, 1.54) is 18.9 Å². The van der Waals surface area contributed by atoms with E-state index >= 15 is 0 Å². The van der Waals surface area contributed by atoms with Crippen molar-refractivity contribution in [2.75, 3.05) is 37.0 Å². The largest absolute Gasteiger partial charge is 0.508 e. The molecule has 1 saturated heterocycles. The molecule has 68 heavy (non-hydrogen) atoms. The molecule has 0 bridgehead atoms. The van der Waals surface area contributed by atoms with Crippen molar-refractivity contribution in [3.8, 4) is 51.0 Å². The number of nitrogens with zero attached hydrogens (tertiary/aromatic N) is 2. The Hall–Kier alpha value is -8.09. The third-order valence-electron chi connectivity index (χ3n) is 11.9. The molecule has 7 N–H and O–H groups in total. The van der Waals surface area contributed by atoms with Gasteiger partial charge in [0.1, 0.15) is 17.2 Å². The number of anilines is 2. The molecule has 1 aliphatic rings. The molecular weight excluding hydrogens is 855 g/mol. The van der Waals surface area contributed by atoms with Crippen molar-refractivity contribution in [2.45, 2.75) is 47.6 Å². The fourth-order valence-corrected chi connectivity index (χ4v) is 8.54. The van der Waals surface area contributed by atoms with Gasteiger partial charge in [0.15, 0.2) is 16.3 Å². The molecule has 1 aliphatic heterocycles. The number of aliphatic hydroxyl groups is 1. The summed E-state index contributed by atoms with van der Waals surface area (Å²) in [5.74, 6) is 0.237. The highest BCUT2D eigenvalue weighted by Gasteiger charge is 2.15. The van der Waals surface area contributed by atoms with Crippen LogP contribution in [0.2, 0.25) is 0 Å². The maximum absolute atomic E-state index is 12.6. The van der Waals surface area contributed by atoms with Gasteiger partial charge in [-0.15, -0.1) is 0 Å². The number of hydrogen-bond donors (Lipinski definition) is 7. The number of aliphatic hydroxyl groups excluding tert-OH is 1. The topological polar surface area (TPSA) is 186 Å². The van der Waals surface area contributed by atoms with Gasteiger partial charge in [0, 0.05) is 112 Å². The molecule has 3 aromatic heterocycles. The highest BCUT2D eigenvalue weighted by atomic mass is 16.3. The lowest BCUT2D eigenvalue weighted by Gasteiger charge is -2.18. The first-order chi connectivity index (χ1) is 32.1. The van der Waals surface area contributed by atoms with Crippen molar-refractivity contribution in [1.82, 2.24) is 15.0 Å². The average Bonchev–Trinajstić information content (AvgIpc) is 3.84. The van der Waals surface area contributed by atoms with Crippen LogP contribution in [0.3, 0.4) is 0 Å². The number of phenolic OH excluding ortho intramolecular Hbond substituents is 2. The van der Waals surface area contributed by atoms with Crippen LogP contribution in [0.5, 0.6) is 17.2 Å². The van der Waals surface area contributed by atoms with E-state index in [-0.39, 0.29) is 53.0 Å². The van der Waals surface area contributed by atoms with Crippen molar-refractivity contribution in [2.24, 2.45) is 0 Å². The Balaban J connectivity index is 0.000000150. The monoisotopic (exact) mass is 911 g/mol. The second-order valence-corrected chi connectivity index (χ2v) is 17.3. The van der Waals surface area contributed by atoms with Gasteiger partial charge in [-0.3, -0.25) is 14.4 Å². The molecule has 0 radical (unpaired) electrons. The number of nitrogens with one attached hydrogen (secondary N) is 3. The summed E-state index contributed by atoms with van der Waals surface area (Å²) in [5.41, 5.74) is 12.0. The van der Waals surface area contributed by atoms with E-state index in [0.29, 0.717) is 33.2 Å². The molecular formula is C56H57N5O7. The van der Waals surface area contributed by atoms with Crippen LogP contribution >= 0.6 is 0 Å². The number of aryl methyl sites for hydroxylation is 3. The second-order valence-electron chi connectivity index (χ2n) is 17.3. The Kier molecular flexibility index (Phi) is 14.2. The van der Waals surface area contributed by atoms with E-state index in [0.717, 1.165) is 74.6 Å². The van der Waals surface area contributed by atoms with Gasteiger partial charge in [-0.2, -0.15) is 0 Å². The van der Waals surface area contributed by atoms with Gasteiger partial charge in [0.05, 0.1) is 17.5 Å². The molecule has 6 aromatic carbocycles. The van der Waals surface area contributed by atoms with Crippen LogP contribution in [0.1, 0.15) is 42.5 Å². The minimum absolute atomic E-state index is 0. The molecule has 0 atom stereocenters. The SMILES string of the molecule is C.Cc1cc(O)cc(-c2cc(=O)c3cc(N(C)C)ccc3[nH]2)c1.Cc1cc(O)cc(-c2cc(=O)c3cc(N4CCCC4)ccc3[nH]2)c1.Cc1cccc(-c2cc(=O)c3c(O)c(CO)ccc3[nH]2)c1. The summed E-state index contributed by atoms with van der Waals surface area (Å²) in [5, 5.41) is 40.3. The maximum Gasteiger partial charge on any atom is 0.193 e. The average molecular weight is 912 g/mol. The summed E-state index contributed by atoms with van der Waals surface area (Å²) in [6, 6.07) is 38.2.